The zero-order chi connectivity index (χ0) is 14.0. The second-order valence-electron chi connectivity index (χ2n) is 3.69. The van der Waals surface area contributed by atoms with Gasteiger partial charge in [0.15, 0.2) is 17.5 Å². The molecule has 0 heterocycles. The summed E-state index contributed by atoms with van der Waals surface area (Å²) < 4.78 is 39.5. The summed E-state index contributed by atoms with van der Waals surface area (Å²) >= 11 is 3.22. The van der Waals surface area contributed by atoms with E-state index in [0.29, 0.717) is 15.7 Å². The molecule has 1 N–H and O–H groups in total. The maximum atomic E-state index is 13.1. The van der Waals surface area contributed by atoms with E-state index < -0.39 is 17.5 Å². The van der Waals surface area contributed by atoms with Gasteiger partial charge in [0.05, 0.1) is 17.3 Å². The lowest BCUT2D eigenvalue weighted by atomic mass is 10.2. The maximum Gasteiger partial charge on any atom is 0.194 e. The first-order chi connectivity index (χ1) is 9.01. The third-order valence-corrected chi connectivity index (χ3v) is 3.02. The van der Waals surface area contributed by atoms with Gasteiger partial charge < -0.3 is 5.32 Å². The molecule has 0 atom stereocenters. The number of hydrogen-bond acceptors (Lipinski definition) is 2. The Labute approximate surface area is 115 Å². The van der Waals surface area contributed by atoms with Gasteiger partial charge in [-0.15, -0.1) is 0 Å². The molecule has 0 saturated carbocycles. The summed E-state index contributed by atoms with van der Waals surface area (Å²) in [5.74, 6) is -4.05. The standard InChI is InChI=1S/C13H6BrF3N2/c14-9-3-7(6-18)1-2-12(9)19-8-4-10(15)13(17)11(16)5-8/h1-5,19H. The van der Waals surface area contributed by atoms with Gasteiger partial charge in [0, 0.05) is 22.3 Å². The Bertz CT molecular complexity index is 657. The molecule has 0 aliphatic rings. The SMILES string of the molecule is N#Cc1ccc(Nc2cc(F)c(F)c(F)c2)c(Br)c1. The van der Waals surface area contributed by atoms with E-state index in [9.17, 15) is 13.2 Å². The number of hydrogen-bond donors (Lipinski definition) is 1. The molecule has 6 heteroatoms. The van der Waals surface area contributed by atoms with E-state index in [1.54, 1.807) is 18.2 Å². The van der Waals surface area contributed by atoms with Crippen molar-refractivity contribution >= 4 is 27.3 Å². The number of halogens is 4. The molecule has 2 aromatic carbocycles. The number of nitrogens with one attached hydrogen (secondary N) is 1. The van der Waals surface area contributed by atoms with Crippen molar-refractivity contribution in [1.29, 1.82) is 5.26 Å². The lowest BCUT2D eigenvalue weighted by Gasteiger charge is -2.09. The molecule has 2 rings (SSSR count). The van der Waals surface area contributed by atoms with E-state index in [1.165, 1.54) is 0 Å². The highest BCUT2D eigenvalue weighted by molar-refractivity contribution is 9.10. The second kappa shape index (κ2) is 5.33. The molecule has 0 aromatic heterocycles. The smallest absolute Gasteiger partial charge is 0.194 e. The molecule has 0 unspecified atom stereocenters. The fourth-order valence-electron chi connectivity index (χ4n) is 1.47. The van der Waals surface area contributed by atoms with Crippen molar-refractivity contribution in [3.05, 3.63) is 57.8 Å². The van der Waals surface area contributed by atoms with Crippen LogP contribution in [0.3, 0.4) is 0 Å². The first-order valence-electron chi connectivity index (χ1n) is 5.12. The highest BCUT2D eigenvalue weighted by Gasteiger charge is 2.11. The first kappa shape index (κ1) is 13.4. The van der Waals surface area contributed by atoms with Crippen LogP contribution >= 0.6 is 15.9 Å². The monoisotopic (exact) mass is 326 g/mol. The fraction of sp³-hybridized carbons (Fsp3) is 0. The highest BCUT2D eigenvalue weighted by atomic mass is 79.9. The normalized spacial score (nSPS) is 10.1. The van der Waals surface area contributed by atoms with Gasteiger partial charge >= 0.3 is 0 Å². The van der Waals surface area contributed by atoms with E-state index in [4.69, 9.17) is 5.26 Å². The summed E-state index contributed by atoms with van der Waals surface area (Å²) in [6, 6.07) is 8.33. The first-order valence-corrected chi connectivity index (χ1v) is 5.92. The third-order valence-electron chi connectivity index (χ3n) is 2.36. The van der Waals surface area contributed by atoms with E-state index >= 15 is 0 Å². The van der Waals surface area contributed by atoms with Crippen LogP contribution in [0.15, 0.2) is 34.8 Å². The van der Waals surface area contributed by atoms with Crippen molar-refractivity contribution in [3.63, 3.8) is 0 Å². The van der Waals surface area contributed by atoms with Crippen LogP contribution in [0.2, 0.25) is 0 Å². The topological polar surface area (TPSA) is 35.8 Å². The fourth-order valence-corrected chi connectivity index (χ4v) is 1.95. The Hall–Kier alpha value is -2.00. The Morgan fingerprint density at radius 2 is 1.68 bits per heavy atom. The van der Waals surface area contributed by atoms with Crippen molar-refractivity contribution in [2.24, 2.45) is 0 Å². The summed E-state index contributed by atoms with van der Waals surface area (Å²) in [4.78, 5) is 0. The number of nitriles is 1. The molecule has 2 aromatic rings. The third kappa shape index (κ3) is 2.88. The lowest BCUT2D eigenvalue weighted by Crippen LogP contribution is -1.97. The van der Waals surface area contributed by atoms with Gasteiger partial charge in [-0.1, -0.05) is 0 Å². The molecule has 0 amide bonds. The van der Waals surface area contributed by atoms with Gasteiger partial charge in [-0.25, -0.2) is 13.2 Å². The zero-order valence-electron chi connectivity index (χ0n) is 9.35. The molecule has 96 valence electrons. The van der Waals surface area contributed by atoms with E-state index in [-0.39, 0.29) is 5.69 Å². The predicted molar refractivity (Wildman–Crippen MR) is 68.5 cm³/mol. The number of benzene rings is 2. The van der Waals surface area contributed by atoms with Crippen LogP contribution < -0.4 is 5.32 Å². The largest absolute Gasteiger partial charge is 0.354 e. The van der Waals surface area contributed by atoms with Crippen LogP contribution in [0.25, 0.3) is 0 Å². The van der Waals surface area contributed by atoms with Crippen LogP contribution in [0.4, 0.5) is 24.5 Å². The zero-order valence-corrected chi connectivity index (χ0v) is 10.9. The van der Waals surface area contributed by atoms with Gasteiger partial charge in [0.25, 0.3) is 0 Å². The summed E-state index contributed by atoms with van der Waals surface area (Å²) in [5.41, 5.74) is 1.01. The minimum atomic E-state index is -1.51. The molecule has 0 radical (unpaired) electrons. The van der Waals surface area contributed by atoms with Crippen molar-refractivity contribution in [3.8, 4) is 6.07 Å². The molecule has 2 nitrogen and oxygen atoms in total. The summed E-state index contributed by atoms with van der Waals surface area (Å²) in [5, 5.41) is 11.4. The van der Waals surface area contributed by atoms with Gasteiger partial charge in [-0.3, -0.25) is 0 Å². The molecular formula is C13H6BrF3N2. The van der Waals surface area contributed by atoms with Crippen molar-refractivity contribution in [2.75, 3.05) is 5.32 Å². The lowest BCUT2D eigenvalue weighted by molar-refractivity contribution is 0.448. The van der Waals surface area contributed by atoms with E-state index in [0.717, 1.165) is 12.1 Å². The highest BCUT2D eigenvalue weighted by Crippen LogP contribution is 2.28. The second-order valence-corrected chi connectivity index (χ2v) is 4.54. The molecule has 0 spiro atoms. The molecule has 0 fully saturated rings. The Morgan fingerprint density at radius 3 is 2.21 bits per heavy atom. The maximum absolute atomic E-state index is 13.1. The quantitative estimate of drug-likeness (QED) is 0.826. The summed E-state index contributed by atoms with van der Waals surface area (Å²) in [6.07, 6.45) is 0. The number of rotatable bonds is 2. The Balaban J connectivity index is 2.34. The Kier molecular flexibility index (Phi) is 3.76. The van der Waals surface area contributed by atoms with Gasteiger partial charge in [0.1, 0.15) is 0 Å². The van der Waals surface area contributed by atoms with Gasteiger partial charge in [0.2, 0.25) is 0 Å². The van der Waals surface area contributed by atoms with Crippen LogP contribution in [0, 0.1) is 28.8 Å². The van der Waals surface area contributed by atoms with Gasteiger partial charge in [-0.05, 0) is 34.1 Å². The molecule has 0 bridgehead atoms. The van der Waals surface area contributed by atoms with Gasteiger partial charge in [-0.2, -0.15) is 5.26 Å². The van der Waals surface area contributed by atoms with Crippen LogP contribution in [-0.4, -0.2) is 0 Å². The molecule has 0 saturated heterocycles. The van der Waals surface area contributed by atoms with Crippen molar-refractivity contribution < 1.29 is 13.2 Å². The van der Waals surface area contributed by atoms with Crippen LogP contribution in [-0.2, 0) is 0 Å². The van der Waals surface area contributed by atoms with Crippen LogP contribution in [0.1, 0.15) is 5.56 Å². The molecule has 0 aliphatic heterocycles. The minimum absolute atomic E-state index is 0.0711. The predicted octanol–water partition coefficient (Wildman–Crippen LogP) is 4.48. The average Bonchev–Trinajstić information content (AvgIpc) is 2.38. The number of anilines is 2. The van der Waals surface area contributed by atoms with E-state index in [2.05, 4.69) is 21.2 Å². The summed E-state index contributed by atoms with van der Waals surface area (Å²) in [6.45, 7) is 0. The van der Waals surface area contributed by atoms with Crippen LogP contribution in [0.5, 0.6) is 0 Å². The van der Waals surface area contributed by atoms with Crippen molar-refractivity contribution in [2.45, 2.75) is 0 Å². The number of nitrogens with zero attached hydrogens (tertiary/aromatic N) is 1. The molecule has 19 heavy (non-hydrogen) atoms. The summed E-state index contributed by atoms with van der Waals surface area (Å²) in [7, 11) is 0. The average molecular weight is 327 g/mol. The minimum Gasteiger partial charge on any atom is -0.354 e. The Morgan fingerprint density at radius 1 is 1.05 bits per heavy atom. The van der Waals surface area contributed by atoms with E-state index in [1.807, 2.05) is 6.07 Å². The molecular weight excluding hydrogens is 321 g/mol. The molecule has 0 aliphatic carbocycles. The van der Waals surface area contributed by atoms with Crippen molar-refractivity contribution in [1.82, 2.24) is 0 Å².